The first-order chi connectivity index (χ1) is 7.16. The molecular weight excluding hydrogens is 347 g/mol. The summed E-state index contributed by atoms with van der Waals surface area (Å²) in [6, 6.07) is 0.0753. The first-order valence-corrected chi connectivity index (χ1v) is 6.90. The van der Waals surface area contributed by atoms with Crippen LogP contribution in [-0.4, -0.2) is 14.6 Å². The molecule has 1 unspecified atom stereocenters. The van der Waals surface area contributed by atoms with Crippen LogP contribution in [-0.2, 0) is 0 Å². The largest absolute Gasteiger partial charge is 0.322 e. The van der Waals surface area contributed by atoms with Crippen molar-refractivity contribution < 1.29 is 0 Å². The van der Waals surface area contributed by atoms with Gasteiger partial charge in [-0.05, 0) is 41.4 Å². The molecule has 0 saturated heterocycles. The molecule has 80 valence electrons. The third-order valence-electron chi connectivity index (χ3n) is 2.54. The van der Waals surface area contributed by atoms with E-state index in [2.05, 4.69) is 32.7 Å². The van der Waals surface area contributed by atoms with E-state index < -0.39 is 0 Å². The molecule has 0 aromatic carbocycles. The molecule has 1 saturated carbocycles. The average Bonchev–Trinajstić information content (AvgIpc) is 2.92. The number of rotatable bonds is 2. The Kier molecular flexibility index (Phi) is 2.42. The highest BCUT2D eigenvalue weighted by Gasteiger charge is 2.32. The van der Waals surface area contributed by atoms with E-state index in [1.54, 1.807) is 4.52 Å². The highest BCUT2D eigenvalue weighted by molar-refractivity contribution is 14.1. The van der Waals surface area contributed by atoms with Crippen LogP contribution in [0.2, 0.25) is 5.15 Å². The van der Waals surface area contributed by atoms with E-state index in [0.29, 0.717) is 11.1 Å². The van der Waals surface area contributed by atoms with Crippen molar-refractivity contribution in [3.05, 3.63) is 13.9 Å². The summed E-state index contributed by atoms with van der Waals surface area (Å²) in [5, 5.41) is 5.93. The van der Waals surface area contributed by atoms with E-state index in [9.17, 15) is 0 Å². The van der Waals surface area contributed by atoms with Gasteiger partial charge in [0.25, 0.3) is 0 Å². The number of fused-ring (bicyclic) bond motifs is 1. The predicted octanol–water partition coefficient (Wildman–Crippen LogP) is 2.46. The second kappa shape index (κ2) is 3.54. The zero-order valence-corrected chi connectivity index (χ0v) is 11.4. The maximum Gasteiger partial charge on any atom is 0.214 e. The van der Waals surface area contributed by atoms with Crippen LogP contribution in [0.5, 0.6) is 0 Å². The third-order valence-corrected chi connectivity index (χ3v) is 5.10. The maximum atomic E-state index is 6.08. The molecule has 1 atom stereocenters. The molecule has 1 aliphatic rings. The second-order valence-corrected chi connectivity index (χ2v) is 6.06. The summed E-state index contributed by atoms with van der Waals surface area (Å²) in [5.74, 6) is 0.619. The topological polar surface area (TPSA) is 56.2 Å². The monoisotopic (exact) mass is 354 g/mol. The molecule has 0 radical (unpaired) electrons. The lowest BCUT2D eigenvalue weighted by Gasteiger charge is -2.03. The third kappa shape index (κ3) is 1.67. The van der Waals surface area contributed by atoms with Crippen LogP contribution in [0.15, 0.2) is 0 Å². The number of halogens is 2. The maximum absolute atomic E-state index is 6.08. The van der Waals surface area contributed by atoms with Gasteiger partial charge in [-0.1, -0.05) is 22.9 Å². The van der Waals surface area contributed by atoms with Gasteiger partial charge >= 0.3 is 0 Å². The molecule has 2 N–H and O–H groups in total. The number of imidazole rings is 1. The summed E-state index contributed by atoms with van der Waals surface area (Å²) in [5.41, 5.74) is 6.08. The first kappa shape index (κ1) is 10.2. The lowest BCUT2D eigenvalue weighted by atomic mass is 10.2. The van der Waals surface area contributed by atoms with Crippen molar-refractivity contribution in [3.63, 3.8) is 0 Å². The minimum absolute atomic E-state index is 0.0753. The molecule has 2 heterocycles. The molecule has 3 rings (SSSR count). The summed E-state index contributed by atoms with van der Waals surface area (Å²) >= 11 is 9.57. The number of nitrogens with zero attached hydrogens (tertiary/aromatic N) is 3. The van der Waals surface area contributed by atoms with Crippen LogP contribution in [0.1, 0.15) is 23.9 Å². The smallest absolute Gasteiger partial charge is 0.214 e. The Balaban J connectivity index is 2.06. The molecule has 1 fully saturated rings. The van der Waals surface area contributed by atoms with Crippen molar-refractivity contribution in [1.29, 1.82) is 0 Å². The van der Waals surface area contributed by atoms with Crippen molar-refractivity contribution >= 4 is 50.5 Å². The van der Waals surface area contributed by atoms with Crippen LogP contribution in [0.25, 0.3) is 4.96 Å². The fourth-order valence-corrected chi connectivity index (χ4v) is 3.33. The number of hydrogen-bond donors (Lipinski definition) is 1. The van der Waals surface area contributed by atoms with Gasteiger partial charge in [0.1, 0.15) is 8.71 Å². The minimum atomic E-state index is 0.0753. The van der Waals surface area contributed by atoms with E-state index in [-0.39, 0.29) is 6.04 Å². The van der Waals surface area contributed by atoms with E-state index >= 15 is 0 Å². The highest BCUT2D eigenvalue weighted by Crippen LogP contribution is 2.40. The minimum Gasteiger partial charge on any atom is -0.322 e. The van der Waals surface area contributed by atoms with Crippen molar-refractivity contribution in [1.82, 2.24) is 14.6 Å². The summed E-state index contributed by atoms with van der Waals surface area (Å²) in [6.07, 6.45) is 2.45. The Labute approximate surface area is 109 Å². The van der Waals surface area contributed by atoms with E-state index in [1.165, 1.54) is 24.2 Å². The van der Waals surface area contributed by atoms with Gasteiger partial charge < -0.3 is 5.73 Å². The molecular formula is C8H8ClIN4S. The van der Waals surface area contributed by atoms with Crippen LogP contribution in [0, 0.1) is 9.62 Å². The molecule has 0 bridgehead atoms. The molecule has 7 heteroatoms. The first-order valence-electron chi connectivity index (χ1n) is 4.63. The van der Waals surface area contributed by atoms with Gasteiger partial charge in [-0.15, -0.1) is 0 Å². The van der Waals surface area contributed by atoms with Gasteiger partial charge in [-0.2, -0.15) is 9.61 Å². The van der Waals surface area contributed by atoms with Gasteiger partial charge in [0.2, 0.25) is 4.96 Å². The molecule has 0 amide bonds. The normalized spacial score (nSPS) is 18.6. The van der Waals surface area contributed by atoms with E-state index in [0.717, 1.165) is 13.7 Å². The van der Waals surface area contributed by atoms with Gasteiger partial charge in [-0.25, -0.2) is 4.98 Å². The molecule has 0 aliphatic heterocycles. The summed E-state index contributed by atoms with van der Waals surface area (Å²) in [6.45, 7) is 0. The van der Waals surface area contributed by atoms with Gasteiger partial charge in [0, 0.05) is 0 Å². The molecule has 2 aromatic heterocycles. The standard InChI is InChI=1S/C8H8ClIN4S/c9-5-6(10)14-8(12-5)15-7(13-14)4(11)3-1-2-3/h3-4H,1-2,11H2. The van der Waals surface area contributed by atoms with E-state index in [1.807, 2.05) is 0 Å². The molecule has 1 aliphatic carbocycles. The van der Waals surface area contributed by atoms with Crippen LogP contribution in [0.4, 0.5) is 0 Å². The summed E-state index contributed by atoms with van der Waals surface area (Å²) in [7, 11) is 0. The van der Waals surface area contributed by atoms with Crippen LogP contribution >= 0.6 is 45.5 Å². The van der Waals surface area contributed by atoms with Crippen LogP contribution in [0.3, 0.4) is 0 Å². The Morgan fingerprint density at radius 2 is 2.33 bits per heavy atom. The van der Waals surface area contributed by atoms with Crippen LogP contribution < -0.4 is 5.73 Å². The van der Waals surface area contributed by atoms with Crippen molar-refractivity contribution in [2.24, 2.45) is 11.7 Å². The Morgan fingerprint density at radius 1 is 1.60 bits per heavy atom. The fraction of sp³-hybridized carbons (Fsp3) is 0.500. The van der Waals surface area contributed by atoms with E-state index in [4.69, 9.17) is 17.3 Å². The Hall–Kier alpha value is 0.0800. The highest BCUT2D eigenvalue weighted by atomic mass is 127. The average molecular weight is 355 g/mol. The zero-order chi connectivity index (χ0) is 10.6. The Bertz CT molecular complexity index is 518. The summed E-state index contributed by atoms with van der Waals surface area (Å²) in [4.78, 5) is 5.05. The van der Waals surface area contributed by atoms with Crippen molar-refractivity contribution in [3.8, 4) is 0 Å². The fourth-order valence-electron chi connectivity index (χ4n) is 1.51. The van der Waals surface area contributed by atoms with Crippen molar-refractivity contribution in [2.75, 3.05) is 0 Å². The van der Waals surface area contributed by atoms with Crippen molar-refractivity contribution in [2.45, 2.75) is 18.9 Å². The Morgan fingerprint density at radius 3 is 2.93 bits per heavy atom. The lowest BCUT2D eigenvalue weighted by Crippen LogP contribution is -2.12. The SMILES string of the molecule is NC(c1nn2c(I)c(Cl)nc2s1)C1CC1. The lowest BCUT2D eigenvalue weighted by molar-refractivity contribution is 0.617. The summed E-state index contributed by atoms with van der Waals surface area (Å²) < 4.78 is 2.63. The molecule has 2 aromatic rings. The quantitative estimate of drug-likeness (QED) is 0.843. The second-order valence-electron chi connectivity index (χ2n) is 3.69. The number of aromatic nitrogens is 3. The zero-order valence-electron chi connectivity index (χ0n) is 7.65. The van der Waals surface area contributed by atoms with Gasteiger partial charge in [0.15, 0.2) is 5.15 Å². The molecule has 4 nitrogen and oxygen atoms in total. The molecule has 15 heavy (non-hydrogen) atoms. The van der Waals surface area contributed by atoms with Gasteiger partial charge in [0.05, 0.1) is 6.04 Å². The molecule has 0 spiro atoms. The van der Waals surface area contributed by atoms with Gasteiger partial charge in [-0.3, -0.25) is 0 Å². The number of nitrogens with two attached hydrogens (primary N) is 1. The predicted molar refractivity (Wildman–Crippen MR) is 68.2 cm³/mol. The number of hydrogen-bond acceptors (Lipinski definition) is 4.